The second kappa shape index (κ2) is 8.78. The van der Waals surface area contributed by atoms with Crippen molar-refractivity contribution in [3.8, 4) is 5.75 Å². The highest BCUT2D eigenvalue weighted by molar-refractivity contribution is 6.30. The van der Waals surface area contributed by atoms with Gasteiger partial charge in [0.2, 0.25) is 0 Å². The molecule has 132 valence electrons. The number of hydrogen-bond acceptors (Lipinski definition) is 4. The van der Waals surface area contributed by atoms with Crippen LogP contribution in [0.1, 0.15) is 20.3 Å². The zero-order valence-corrected chi connectivity index (χ0v) is 14.8. The second-order valence-electron chi connectivity index (χ2n) is 5.48. The van der Waals surface area contributed by atoms with E-state index in [1.165, 1.54) is 0 Å². The van der Waals surface area contributed by atoms with E-state index < -0.39 is 6.10 Å². The predicted octanol–water partition coefficient (Wildman–Crippen LogP) is 2.80. The fourth-order valence-electron chi connectivity index (χ4n) is 2.54. The number of hydrogen-bond donors (Lipinski definition) is 0. The lowest BCUT2D eigenvalue weighted by atomic mass is 10.2. The summed E-state index contributed by atoms with van der Waals surface area (Å²) in [5.74, 6) is 0.508. The van der Waals surface area contributed by atoms with Gasteiger partial charge in [0, 0.05) is 31.2 Å². The molecule has 24 heavy (non-hydrogen) atoms. The Kier molecular flexibility index (Phi) is 6.73. The standard InChI is InChI=1S/C17H23ClN2O4/c1-3-15(24-14-7-5-6-13(18)12-14)16(21)19-8-10-20(11-9-19)17(22)23-4-2/h5-7,12,15H,3-4,8-11H2,1-2H3/t15-/m1/s1. The topological polar surface area (TPSA) is 59.1 Å². The minimum atomic E-state index is -0.558. The largest absolute Gasteiger partial charge is 0.481 e. The maximum Gasteiger partial charge on any atom is 0.409 e. The van der Waals surface area contributed by atoms with Gasteiger partial charge >= 0.3 is 6.09 Å². The highest BCUT2D eigenvalue weighted by Crippen LogP contribution is 2.20. The molecule has 1 atom stereocenters. The molecular weight excluding hydrogens is 332 g/mol. The number of piperazine rings is 1. The Balaban J connectivity index is 1.91. The van der Waals surface area contributed by atoms with E-state index in [1.54, 1.807) is 41.0 Å². The molecule has 0 saturated carbocycles. The number of rotatable bonds is 5. The van der Waals surface area contributed by atoms with Gasteiger partial charge in [0.1, 0.15) is 5.75 Å². The summed E-state index contributed by atoms with van der Waals surface area (Å²) in [7, 11) is 0. The Labute approximate surface area is 147 Å². The molecular formula is C17H23ClN2O4. The first-order valence-corrected chi connectivity index (χ1v) is 8.55. The number of benzene rings is 1. The second-order valence-corrected chi connectivity index (χ2v) is 5.92. The summed E-state index contributed by atoms with van der Waals surface area (Å²) in [6.07, 6.45) is -0.326. The molecule has 1 fully saturated rings. The number of carbonyl (C=O) groups is 2. The van der Waals surface area contributed by atoms with Crippen molar-refractivity contribution >= 4 is 23.6 Å². The third-order valence-electron chi connectivity index (χ3n) is 3.84. The van der Waals surface area contributed by atoms with Crippen LogP contribution in [0.2, 0.25) is 5.02 Å². The van der Waals surface area contributed by atoms with Crippen LogP contribution < -0.4 is 4.74 Å². The van der Waals surface area contributed by atoms with Crippen molar-refractivity contribution in [2.75, 3.05) is 32.8 Å². The van der Waals surface area contributed by atoms with E-state index in [4.69, 9.17) is 21.1 Å². The van der Waals surface area contributed by atoms with Crippen LogP contribution in [0.15, 0.2) is 24.3 Å². The average molecular weight is 355 g/mol. The lowest BCUT2D eigenvalue weighted by molar-refractivity contribution is -0.140. The number of amides is 2. The van der Waals surface area contributed by atoms with Gasteiger partial charge in [0.15, 0.2) is 6.10 Å². The van der Waals surface area contributed by atoms with Crippen molar-refractivity contribution in [2.45, 2.75) is 26.4 Å². The molecule has 2 rings (SSSR count). The summed E-state index contributed by atoms with van der Waals surface area (Å²) in [6, 6.07) is 7.01. The molecule has 0 aromatic heterocycles. The predicted molar refractivity (Wildman–Crippen MR) is 91.3 cm³/mol. The van der Waals surface area contributed by atoms with Crippen molar-refractivity contribution in [1.29, 1.82) is 0 Å². The Morgan fingerprint density at radius 3 is 2.42 bits per heavy atom. The van der Waals surface area contributed by atoms with Crippen LogP contribution in [0.4, 0.5) is 4.79 Å². The molecule has 0 radical (unpaired) electrons. The fourth-order valence-corrected chi connectivity index (χ4v) is 2.72. The number of halogens is 1. The number of ether oxygens (including phenoxy) is 2. The molecule has 0 spiro atoms. The fraction of sp³-hybridized carbons (Fsp3) is 0.529. The molecule has 1 aliphatic heterocycles. The molecule has 1 aliphatic rings. The molecule has 7 heteroatoms. The van der Waals surface area contributed by atoms with Crippen LogP contribution in [0.3, 0.4) is 0 Å². The first-order chi connectivity index (χ1) is 11.5. The zero-order valence-electron chi connectivity index (χ0n) is 14.0. The van der Waals surface area contributed by atoms with Crippen LogP contribution in [-0.2, 0) is 9.53 Å². The van der Waals surface area contributed by atoms with Gasteiger partial charge in [-0.05, 0) is 31.5 Å². The van der Waals surface area contributed by atoms with Crippen molar-refractivity contribution in [3.63, 3.8) is 0 Å². The lowest BCUT2D eigenvalue weighted by Crippen LogP contribution is -2.53. The van der Waals surface area contributed by atoms with E-state index in [2.05, 4.69) is 0 Å². The van der Waals surface area contributed by atoms with Gasteiger partial charge in [0.05, 0.1) is 6.61 Å². The molecule has 0 unspecified atom stereocenters. The molecule has 2 amide bonds. The Bertz CT molecular complexity index is 573. The van der Waals surface area contributed by atoms with Crippen LogP contribution in [0, 0.1) is 0 Å². The molecule has 1 saturated heterocycles. The number of carbonyl (C=O) groups excluding carboxylic acids is 2. The smallest absolute Gasteiger partial charge is 0.409 e. The third kappa shape index (κ3) is 4.77. The molecule has 0 bridgehead atoms. The first kappa shape index (κ1) is 18.4. The van der Waals surface area contributed by atoms with Gasteiger partial charge in [-0.25, -0.2) is 4.79 Å². The van der Waals surface area contributed by atoms with Gasteiger partial charge in [-0.2, -0.15) is 0 Å². The first-order valence-electron chi connectivity index (χ1n) is 8.17. The van der Waals surface area contributed by atoms with Crippen molar-refractivity contribution in [3.05, 3.63) is 29.3 Å². The average Bonchev–Trinajstić information content (AvgIpc) is 2.59. The van der Waals surface area contributed by atoms with Crippen LogP contribution in [0.25, 0.3) is 0 Å². The van der Waals surface area contributed by atoms with Gasteiger partial charge in [-0.15, -0.1) is 0 Å². The van der Waals surface area contributed by atoms with E-state index in [9.17, 15) is 9.59 Å². The van der Waals surface area contributed by atoms with Gasteiger partial charge in [-0.1, -0.05) is 24.6 Å². The van der Waals surface area contributed by atoms with E-state index in [0.29, 0.717) is 50.0 Å². The quantitative estimate of drug-likeness (QED) is 0.815. The van der Waals surface area contributed by atoms with E-state index in [0.717, 1.165) is 0 Å². The molecule has 1 heterocycles. The minimum absolute atomic E-state index is 0.0685. The van der Waals surface area contributed by atoms with E-state index in [-0.39, 0.29) is 12.0 Å². The minimum Gasteiger partial charge on any atom is -0.481 e. The summed E-state index contributed by atoms with van der Waals surface area (Å²) < 4.78 is 10.8. The molecule has 6 nitrogen and oxygen atoms in total. The highest BCUT2D eigenvalue weighted by atomic mass is 35.5. The van der Waals surface area contributed by atoms with Crippen LogP contribution in [0.5, 0.6) is 5.75 Å². The van der Waals surface area contributed by atoms with Gasteiger partial charge in [-0.3, -0.25) is 4.79 Å². The summed E-state index contributed by atoms with van der Waals surface area (Å²) in [6.45, 7) is 5.93. The maximum absolute atomic E-state index is 12.7. The lowest BCUT2D eigenvalue weighted by Gasteiger charge is -2.35. The number of nitrogens with zero attached hydrogens (tertiary/aromatic N) is 2. The Morgan fingerprint density at radius 1 is 1.17 bits per heavy atom. The molecule has 1 aromatic rings. The van der Waals surface area contributed by atoms with Gasteiger partial charge < -0.3 is 19.3 Å². The van der Waals surface area contributed by atoms with Crippen LogP contribution >= 0.6 is 11.6 Å². The third-order valence-corrected chi connectivity index (χ3v) is 4.07. The molecule has 0 aliphatic carbocycles. The Morgan fingerprint density at radius 2 is 1.83 bits per heavy atom. The van der Waals surface area contributed by atoms with Crippen molar-refractivity contribution in [2.24, 2.45) is 0 Å². The Hall–Kier alpha value is -1.95. The zero-order chi connectivity index (χ0) is 17.5. The van der Waals surface area contributed by atoms with Crippen molar-refractivity contribution in [1.82, 2.24) is 9.80 Å². The van der Waals surface area contributed by atoms with Crippen LogP contribution in [-0.4, -0.2) is 60.7 Å². The maximum atomic E-state index is 12.7. The van der Waals surface area contributed by atoms with Crippen molar-refractivity contribution < 1.29 is 19.1 Å². The molecule has 1 aromatic carbocycles. The monoisotopic (exact) mass is 354 g/mol. The summed E-state index contributed by atoms with van der Waals surface area (Å²) in [5, 5.41) is 0.567. The van der Waals surface area contributed by atoms with Gasteiger partial charge in [0.25, 0.3) is 5.91 Å². The molecule has 0 N–H and O–H groups in total. The van der Waals surface area contributed by atoms with E-state index >= 15 is 0 Å². The summed E-state index contributed by atoms with van der Waals surface area (Å²) in [5.41, 5.74) is 0. The SMILES string of the molecule is CCOC(=O)N1CCN(C(=O)[C@@H](CC)Oc2cccc(Cl)c2)CC1. The highest BCUT2D eigenvalue weighted by Gasteiger charge is 2.29. The van der Waals surface area contributed by atoms with E-state index in [1.807, 2.05) is 6.92 Å². The normalized spacial score (nSPS) is 15.8. The summed E-state index contributed by atoms with van der Waals surface area (Å²) in [4.78, 5) is 27.7. The summed E-state index contributed by atoms with van der Waals surface area (Å²) >= 11 is 5.95.